The van der Waals surface area contributed by atoms with Crippen molar-refractivity contribution in [3.05, 3.63) is 24.3 Å². The van der Waals surface area contributed by atoms with Gasteiger partial charge in [-0.3, -0.25) is 0 Å². The first kappa shape index (κ1) is 20.6. The van der Waals surface area contributed by atoms with Gasteiger partial charge in [0.1, 0.15) is 5.82 Å². The molecule has 1 aliphatic rings. The molecule has 0 amide bonds. The van der Waals surface area contributed by atoms with Crippen LogP contribution < -0.4 is 20.9 Å². The number of para-hydroxylation sites is 1. The number of benzene rings is 1. The van der Waals surface area contributed by atoms with E-state index in [4.69, 9.17) is 22.2 Å². The first-order valence-electron chi connectivity index (χ1n) is 10.2. The molecule has 1 fully saturated rings. The summed E-state index contributed by atoms with van der Waals surface area (Å²) in [4.78, 5) is 11.5. The van der Waals surface area contributed by atoms with Crippen LogP contribution in [0.1, 0.15) is 39.5 Å². The molecular formula is C21H32N6S. The van der Waals surface area contributed by atoms with Crippen LogP contribution in [0.4, 0.5) is 11.8 Å². The molecule has 0 atom stereocenters. The largest absolute Gasteiger partial charge is 0.362 e. The third-order valence-corrected chi connectivity index (χ3v) is 5.34. The first-order chi connectivity index (χ1) is 13.4. The van der Waals surface area contributed by atoms with Crippen LogP contribution in [0.25, 0.3) is 10.9 Å². The van der Waals surface area contributed by atoms with Crippen molar-refractivity contribution in [3.63, 3.8) is 0 Å². The highest BCUT2D eigenvalue weighted by Crippen LogP contribution is 2.26. The first-order valence-corrected chi connectivity index (χ1v) is 10.6. The van der Waals surface area contributed by atoms with Crippen molar-refractivity contribution in [3.8, 4) is 0 Å². The third-order valence-electron chi connectivity index (χ3n) is 5.07. The van der Waals surface area contributed by atoms with Crippen LogP contribution in [0.3, 0.4) is 0 Å². The Morgan fingerprint density at radius 1 is 1.11 bits per heavy atom. The molecule has 1 saturated carbocycles. The SMILES string of the molecule is CC(C)CNC(=S)N[C@H]1CC[C@@H](Nc2nc(N(C)C)c3ccccc3n2)CC1. The summed E-state index contributed by atoms with van der Waals surface area (Å²) in [5, 5.41) is 12.2. The summed E-state index contributed by atoms with van der Waals surface area (Å²) in [5.41, 5.74) is 0.973. The smallest absolute Gasteiger partial charge is 0.225 e. The highest BCUT2D eigenvalue weighted by molar-refractivity contribution is 7.80. The molecule has 0 spiro atoms. The second kappa shape index (κ2) is 9.37. The Balaban J connectivity index is 1.57. The highest BCUT2D eigenvalue weighted by atomic mass is 32.1. The van der Waals surface area contributed by atoms with E-state index in [9.17, 15) is 0 Å². The minimum atomic E-state index is 0.395. The summed E-state index contributed by atoms with van der Waals surface area (Å²) in [6.07, 6.45) is 4.35. The number of nitrogens with one attached hydrogen (secondary N) is 3. The number of rotatable bonds is 6. The average Bonchev–Trinajstić information content (AvgIpc) is 2.67. The molecule has 0 aliphatic heterocycles. The second-order valence-electron chi connectivity index (χ2n) is 8.22. The Morgan fingerprint density at radius 3 is 2.46 bits per heavy atom. The molecule has 6 nitrogen and oxygen atoms in total. The standard InChI is InChI=1S/C21H32N6S/c1-14(2)13-22-21(28)24-16-11-9-15(10-12-16)23-20-25-18-8-6-5-7-17(18)19(26-20)27(3)4/h5-8,14-16H,9-13H2,1-4H3,(H2,22,24,28)(H,23,25,26)/t15-,16+. The van der Waals surface area contributed by atoms with Crippen molar-refractivity contribution in [2.75, 3.05) is 30.9 Å². The summed E-state index contributed by atoms with van der Waals surface area (Å²) in [6, 6.07) is 9.00. The zero-order valence-electron chi connectivity index (χ0n) is 17.3. The van der Waals surface area contributed by atoms with Crippen LogP contribution in [0.2, 0.25) is 0 Å². The summed E-state index contributed by atoms with van der Waals surface area (Å²) in [6.45, 7) is 5.28. The van der Waals surface area contributed by atoms with Gasteiger partial charge in [-0.2, -0.15) is 4.98 Å². The van der Waals surface area contributed by atoms with E-state index in [0.717, 1.165) is 54.1 Å². The molecule has 2 aromatic rings. The van der Waals surface area contributed by atoms with E-state index in [1.807, 2.05) is 37.2 Å². The van der Waals surface area contributed by atoms with Gasteiger partial charge in [-0.25, -0.2) is 4.98 Å². The van der Waals surface area contributed by atoms with Gasteiger partial charge >= 0.3 is 0 Å². The van der Waals surface area contributed by atoms with Gasteiger partial charge in [0.2, 0.25) is 5.95 Å². The molecule has 1 heterocycles. The molecule has 28 heavy (non-hydrogen) atoms. The maximum atomic E-state index is 5.41. The monoisotopic (exact) mass is 400 g/mol. The van der Waals surface area contributed by atoms with Crippen LogP contribution in [0, 0.1) is 5.92 Å². The lowest BCUT2D eigenvalue weighted by Crippen LogP contribution is -2.45. The van der Waals surface area contributed by atoms with Crippen LogP contribution in [0.5, 0.6) is 0 Å². The van der Waals surface area contributed by atoms with Crippen molar-refractivity contribution in [1.82, 2.24) is 20.6 Å². The second-order valence-corrected chi connectivity index (χ2v) is 8.63. The Morgan fingerprint density at radius 2 is 1.79 bits per heavy atom. The number of nitrogens with zero attached hydrogens (tertiary/aromatic N) is 3. The lowest BCUT2D eigenvalue weighted by molar-refractivity contribution is 0.385. The summed E-state index contributed by atoms with van der Waals surface area (Å²) < 4.78 is 0. The zero-order chi connectivity index (χ0) is 20.1. The van der Waals surface area contributed by atoms with E-state index in [2.05, 4.69) is 35.9 Å². The van der Waals surface area contributed by atoms with Crippen molar-refractivity contribution in [2.45, 2.75) is 51.6 Å². The topological polar surface area (TPSA) is 65.1 Å². The average molecular weight is 401 g/mol. The van der Waals surface area contributed by atoms with E-state index in [1.165, 1.54) is 0 Å². The number of hydrogen-bond acceptors (Lipinski definition) is 5. The molecule has 0 saturated heterocycles. The Kier molecular flexibility index (Phi) is 6.88. The number of hydrogen-bond donors (Lipinski definition) is 3. The molecular weight excluding hydrogens is 368 g/mol. The molecule has 0 bridgehead atoms. The number of fused-ring (bicyclic) bond motifs is 1. The van der Waals surface area contributed by atoms with Crippen LogP contribution in [0.15, 0.2) is 24.3 Å². The summed E-state index contributed by atoms with van der Waals surface area (Å²) in [7, 11) is 4.04. The van der Waals surface area contributed by atoms with Crippen molar-refractivity contribution in [2.24, 2.45) is 5.92 Å². The fourth-order valence-corrected chi connectivity index (χ4v) is 3.81. The van der Waals surface area contributed by atoms with E-state index < -0.39 is 0 Å². The normalized spacial score (nSPS) is 19.5. The quantitative estimate of drug-likeness (QED) is 0.641. The lowest BCUT2D eigenvalue weighted by atomic mass is 9.91. The maximum Gasteiger partial charge on any atom is 0.225 e. The van der Waals surface area contributed by atoms with Crippen molar-refractivity contribution >= 4 is 40.0 Å². The Labute approximate surface area is 173 Å². The fourth-order valence-electron chi connectivity index (χ4n) is 3.56. The van der Waals surface area contributed by atoms with E-state index in [1.54, 1.807) is 0 Å². The lowest BCUT2D eigenvalue weighted by Gasteiger charge is -2.30. The maximum absolute atomic E-state index is 5.41. The van der Waals surface area contributed by atoms with E-state index in [0.29, 0.717) is 23.9 Å². The number of anilines is 2. The predicted molar refractivity (Wildman–Crippen MR) is 122 cm³/mol. The summed E-state index contributed by atoms with van der Waals surface area (Å²) in [5.74, 6) is 2.26. The minimum absolute atomic E-state index is 0.395. The molecule has 0 radical (unpaired) electrons. The molecule has 7 heteroatoms. The van der Waals surface area contributed by atoms with Gasteiger partial charge in [-0.1, -0.05) is 26.0 Å². The Hall–Kier alpha value is -2.15. The predicted octanol–water partition coefficient (Wildman–Crippen LogP) is 3.54. The molecule has 0 unspecified atom stereocenters. The van der Waals surface area contributed by atoms with Crippen molar-refractivity contribution in [1.29, 1.82) is 0 Å². The highest BCUT2D eigenvalue weighted by Gasteiger charge is 2.22. The van der Waals surface area contributed by atoms with Gasteiger partial charge in [0.05, 0.1) is 5.52 Å². The molecule has 3 N–H and O–H groups in total. The van der Waals surface area contributed by atoms with Gasteiger partial charge in [0.15, 0.2) is 5.11 Å². The van der Waals surface area contributed by atoms with Gasteiger partial charge in [-0.05, 0) is 56.0 Å². The van der Waals surface area contributed by atoms with Crippen LogP contribution >= 0.6 is 12.2 Å². The molecule has 3 rings (SSSR count). The van der Waals surface area contributed by atoms with Gasteiger partial charge in [0.25, 0.3) is 0 Å². The molecule has 152 valence electrons. The van der Waals surface area contributed by atoms with Crippen LogP contribution in [-0.4, -0.2) is 47.8 Å². The van der Waals surface area contributed by atoms with E-state index in [-0.39, 0.29) is 0 Å². The minimum Gasteiger partial charge on any atom is -0.362 e. The van der Waals surface area contributed by atoms with Gasteiger partial charge in [0, 0.05) is 38.1 Å². The van der Waals surface area contributed by atoms with Gasteiger partial charge in [-0.15, -0.1) is 0 Å². The molecule has 1 aromatic heterocycles. The van der Waals surface area contributed by atoms with Gasteiger partial charge < -0.3 is 20.9 Å². The summed E-state index contributed by atoms with van der Waals surface area (Å²) >= 11 is 5.41. The molecule has 1 aliphatic carbocycles. The fraction of sp³-hybridized carbons (Fsp3) is 0.571. The van der Waals surface area contributed by atoms with Crippen LogP contribution in [-0.2, 0) is 0 Å². The zero-order valence-corrected chi connectivity index (χ0v) is 18.1. The van der Waals surface area contributed by atoms with E-state index >= 15 is 0 Å². The number of thiocarbonyl (C=S) groups is 1. The Bertz CT molecular complexity index is 799. The van der Waals surface area contributed by atoms with Crippen molar-refractivity contribution < 1.29 is 0 Å². The third kappa shape index (κ3) is 5.44. The molecule has 1 aromatic carbocycles. The number of aromatic nitrogens is 2.